The minimum atomic E-state index is -0.699. The molecule has 0 bridgehead atoms. The van der Waals surface area contributed by atoms with Crippen LogP contribution in [0.1, 0.15) is 32.8 Å². The minimum absolute atomic E-state index is 0.0222. The molecule has 0 aliphatic carbocycles. The minimum Gasteiger partial charge on any atom is -0.291 e. The molecule has 1 aromatic rings. The summed E-state index contributed by atoms with van der Waals surface area (Å²) < 4.78 is 14.1. The number of piperidine rings is 1. The largest absolute Gasteiger partial charge is 0.291 e. The molecule has 1 fully saturated rings. The number of likely N-dealkylation sites (tertiary alicyclic amines) is 1. The van der Waals surface area contributed by atoms with Gasteiger partial charge in [0.15, 0.2) is 0 Å². The Morgan fingerprint density at radius 3 is 2.47 bits per heavy atom. The molecule has 1 aliphatic heterocycles. The first-order chi connectivity index (χ1) is 8.09. The van der Waals surface area contributed by atoms with Crippen LogP contribution in [0.15, 0.2) is 30.3 Å². The Kier molecular flexibility index (Phi) is 3.82. The number of rotatable bonds is 2. The van der Waals surface area contributed by atoms with Gasteiger partial charge in [-0.15, -0.1) is 0 Å². The standard InChI is InChI=1S/C15H22FN/c1-11-9-12(2)17(13(3)15(11)16)10-14-7-5-4-6-8-14/h4-8,11-13,15H,9-10H2,1-3H3/t11?,12-,13+,15?/m1/s1. The molecule has 2 rings (SSSR count). The van der Waals surface area contributed by atoms with E-state index < -0.39 is 6.17 Å². The van der Waals surface area contributed by atoms with E-state index in [-0.39, 0.29) is 12.0 Å². The Labute approximate surface area is 104 Å². The first-order valence-electron chi connectivity index (χ1n) is 6.53. The highest BCUT2D eigenvalue weighted by molar-refractivity contribution is 5.15. The lowest BCUT2D eigenvalue weighted by molar-refractivity contribution is -0.00269. The van der Waals surface area contributed by atoms with Crippen LogP contribution in [0.4, 0.5) is 4.39 Å². The summed E-state index contributed by atoms with van der Waals surface area (Å²) in [6.45, 7) is 7.11. The van der Waals surface area contributed by atoms with E-state index in [0.717, 1.165) is 13.0 Å². The number of nitrogens with zero attached hydrogens (tertiary/aromatic N) is 1. The fourth-order valence-corrected chi connectivity index (χ4v) is 2.96. The van der Waals surface area contributed by atoms with Gasteiger partial charge in [-0.25, -0.2) is 4.39 Å². The average Bonchev–Trinajstić information content (AvgIpc) is 2.33. The van der Waals surface area contributed by atoms with Gasteiger partial charge in [-0.3, -0.25) is 4.90 Å². The lowest BCUT2D eigenvalue weighted by Gasteiger charge is -2.44. The quantitative estimate of drug-likeness (QED) is 0.756. The maximum Gasteiger partial charge on any atom is 0.118 e. The molecule has 1 heterocycles. The smallest absolute Gasteiger partial charge is 0.118 e. The van der Waals surface area contributed by atoms with Crippen LogP contribution in [0.2, 0.25) is 0 Å². The fraction of sp³-hybridized carbons (Fsp3) is 0.600. The lowest BCUT2D eigenvalue weighted by Crippen LogP contribution is -2.52. The van der Waals surface area contributed by atoms with E-state index in [4.69, 9.17) is 0 Å². The Morgan fingerprint density at radius 1 is 1.18 bits per heavy atom. The van der Waals surface area contributed by atoms with Crippen LogP contribution in [0.3, 0.4) is 0 Å². The number of hydrogen-bond acceptors (Lipinski definition) is 1. The maximum absolute atomic E-state index is 14.1. The van der Waals surface area contributed by atoms with Gasteiger partial charge in [0, 0.05) is 18.6 Å². The van der Waals surface area contributed by atoms with Crippen LogP contribution in [0.5, 0.6) is 0 Å². The van der Waals surface area contributed by atoms with Gasteiger partial charge in [0.25, 0.3) is 0 Å². The summed E-state index contributed by atoms with van der Waals surface area (Å²) in [7, 11) is 0. The molecular formula is C15H22FN. The second-order valence-corrected chi connectivity index (χ2v) is 5.40. The van der Waals surface area contributed by atoms with Crippen LogP contribution < -0.4 is 0 Å². The molecule has 1 saturated heterocycles. The molecular weight excluding hydrogens is 213 g/mol. The van der Waals surface area contributed by atoms with Gasteiger partial charge in [-0.05, 0) is 31.7 Å². The Morgan fingerprint density at radius 2 is 1.82 bits per heavy atom. The second-order valence-electron chi connectivity index (χ2n) is 5.40. The molecule has 0 spiro atoms. The Balaban J connectivity index is 2.09. The van der Waals surface area contributed by atoms with Crippen molar-refractivity contribution in [2.24, 2.45) is 5.92 Å². The van der Waals surface area contributed by atoms with Crippen molar-refractivity contribution < 1.29 is 4.39 Å². The van der Waals surface area contributed by atoms with Gasteiger partial charge in [-0.1, -0.05) is 37.3 Å². The molecule has 2 heteroatoms. The van der Waals surface area contributed by atoms with Crippen LogP contribution in [0.25, 0.3) is 0 Å². The Bertz CT molecular complexity index is 351. The third kappa shape index (κ3) is 2.68. The number of halogens is 1. The molecule has 0 amide bonds. The summed E-state index contributed by atoms with van der Waals surface area (Å²) in [6.07, 6.45) is 0.258. The highest BCUT2D eigenvalue weighted by atomic mass is 19.1. The predicted octanol–water partition coefficient (Wildman–Crippen LogP) is 3.64. The lowest BCUT2D eigenvalue weighted by atomic mass is 9.86. The predicted molar refractivity (Wildman–Crippen MR) is 69.6 cm³/mol. The van der Waals surface area contributed by atoms with Gasteiger partial charge in [-0.2, -0.15) is 0 Å². The van der Waals surface area contributed by atoms with Gasteiger partial charge in [0.1, 0.15) is 6.17 Å². The topological polar surface area (TPSA) is 3.24 Å². The SMILES string of the molecule is CC1C[C@@H](C)N(Cc2ccccc2)[C@@H](C)C1F. The van der Waals surface area contributed by atoms with E-state index in [9.17, 15) is 4.39 Å². The van der Waals surface area contributed by atoms with Crippen molar-refractivity contribution in [2.45, 2.75) is 52.0 Å². The molecule has 4 atom stereocenters. The Hall–Kier alpha value is -0.890. The van der Waals surface area contributed by atoms with E-state index in [2.05, 4.69) is 24.0 Å². The molecule has 0 saturated carbocycles. The number of alkyl halides is 1. The third-order valence-corrected chi connectivity index (χ3v) is 4.01. The van der Waals surface area contributed by atoms with E-state index in [1.54, 1.807) is 0 Å². The zero-order chi connectivity index (χ0) is 12.4. The van der Waals surface area contributed by atoms with Crippen molar-refractivity contribution >= 4 is 0 Å². The van der Waals surface area contributed by atoms with Crippen molar-refractivity contribution in [1.29, 1.82) is 0 Å². The van der Waals surface area contributed by atoms with Crippen molar-refractivity contribution in [1.82, 2.24) is 4.90 Å². The van der Waals surface area contributed by atoms with Crippen LogP contribution in [0, 0.1) is 5.92 Å². The maximum atomic E-state index is 14.1. The zero-order valence-corrected chi connectivity index (χ0v) is 10.9. The summed E-state index contributed by atoms with van der Waals surface area (Å²) >= 11 is 0. The molecule has 2 unspecified atom stereocenters. The molecule has 1 aromatic carbocycles. The van der Waals surface area contributed by atoms with Gasteiger partial charge in [0.05, 0.1) is 0 Å². The van der Waals surface area contributed by atoms with Gasteiger partial charge in [0.2, 0.25) is 0 Å². The van der Waals surface area contributed by atoms with Crippen LogP contribution >= 0.6 is 0 Å². The summed E-state index contributed by atoms with van der Waals surface area (Å²) in [5.74, 6) is 0.187. The van der Waals surface area contributed by atoms with Crippen molar-refractivity contribution in [3.8, 4) is 0 Å². The first-order valence-corrected chi connectivity index (χ1v) is 6.53. The van der Waals surface area contributed by atoms with E-state index in [1.807, 2.05) is 32.0 Å². The van der Waals surface area contributed by atoms with E-state index >= 15 is 0 Å². The summed E-state index contributed by atoms with van der Waals surface area (Å²) in [5.41, 5.74) is 1.27. The molecule has 0 radical (unpaired) electrons. The van der Waals surface area contributed by atoms with E-state index in [1.165, 1.54) is 5.56 Å². The highest BCUT2D eigenvalue weighted by Crippen LogP contribution is 2.31. The fourth-order valence-electron chi connectivity index (χ4n) is 2.96. The molecule has 17 heavy (non-hydrogen) atoms. The average molecular weight is 235 g/mol. The van der Waals surface area contributed by atoms with E-state index in [0.29, 0.717) is 6.04 Å². The first kappa shape index (κ1) is 12.6. The zero-order valence-electron chi connectivity index (χ0n) is 10.9. The summed E-state index contributed by atoms with van der Waals surface area (Å²) in [4.78, 5) is 2.29. The molecule has 0 aromatic heterocycles. The molecule has 0 N–H and O–H groups in total. The monoisotopic (exact) mass is 235 g/mol. The molecule has 1 aliphatic rings. The summed E-state index contributed by atoms with van der Waals surface area (Å²) in [5, 5.41) is 0. The number of hydrogen-bond donors (Lipinski definition) is 0. The number of benzene rings is 1. The highest BCUT2D eigenvalue weighted by Gasteiger charge is 2.36. The summed E-state index contributed by atoms with van der Waals surface area (Å²) in [6, 6.07) is 10.8. The van der Waals surface area contributed by atoms with Crippen molar-refractivity contribution in [2.75, 3.05) is 0 Å². The third-order valence-electron chi connectivity index (χ3n) is 4.01. The van der Waals surface area contributed by atoms with Crippen molar-refractivity contribution in [3.63, 3.8) is 0 Å². The molecule has 1 nitrogen and oxygen atoms in total. The second kappa shape index (κ2) is 5.18. The normalized spacial score (nSPS) is 34.8. The van der Waals surface area contributed by atoms with Crippen LogP contribution in [-0.4, -0.2) is 23.2 Å². The molecule has 94 valence electrons. The van der Waals surface area contributed by atoms with Crippen LogP contribution in [-0.2, 0) is 6.54 Å². The van der Waals surface area contributed by atoms with Gasteiger partial charge < -0.3 is 0 Å². The van der Waals surface area contributed by atoms with Gasteiger partial charge >= 0.3 is 0 Å². The van der Waals surface area contributed by atoms with Crippen molar-refractivity contribution in [3.05, 3.63) is 35.9 Å².